The summed E-state index contributed by atoms with van der Waals surface area (Å²) in [6, 6.07) is 8.22. The lowest BCUT2D eigenvalue weighted by molar-refractivity contribution is 0.213. The van der Waals surface area contributed by atoms with E-state index in [1.54, 1.807) is 7.11 Å². The van der Waals surface area contributed by atoms with E-state index in [1.807, 2.05) is 19.2 Å². The van der Waals surface area contributed by atoms with Crippen LogP contribution in [-0.2, 0) is 6.42 Å². The highest BCUT2D eigenvalue weighted by Crippen LogP contribution is 2.18. The number of nitrogens with one attached hydrogen (secondary N) is 2. The molecule has 24 heavy (non-hydrogen) atoms. The Balaban J connectivity index is 1.61. The van der Waals surface area contributed by atoms with Gasteiger partial charge in [-0.1, -0.05) is 12.1 Å². The minimum absolute atomic E-state index is 0.853. The average molecular weight is 332 g/mol. The van der Waals surface area contributed by atoms with E-state index in [1.165, 1.54) is 37.9 Å². The number of guanidine groups is 1. The second-order valence-electron chi connectivity index (χ2n) is 6.56. The van der Waals surface area contributed by atoms with Gasteiger partial charge in [0.2, 0.25) is 0 Å². The summed E-state index contributed by atoms with van der Waals surface area (Å²) in [6.45, 7) is 4.34. The molecule has 0 bridgehead atoms. The van der Waals surface area contributed by atoms with E-state index in [0.717, 1.165) is 37.1 Å². The van der Waals surface area contributed by atoms with Crippen molar-refractivity contribution in [2.24, 2.45) is 10.9 Å². The van der Waals surface area contributed by atoms with Crippen molar-refractivity contribution in [3.05, 3.63) is 29.8 Å². The lowest BCUT2D eigenvalue weighted by Gasteiger charge is -2.29. The standard InChI is InChI=1S/C19H32N4O/c1-20-19(22-13-9-17-10-14-23(2)15-11-17)21-12-8-16-4-6-18(24-3)7-5-16/h4-7,17H,8-15H2,1-3H3,(H2,20,21,22). The number of nitrogens with zero attached hydrogens (tertiary/aromatic N) is 2. The van der Waals surface area contributed by atoms with Crippen LogP contribution in [0.2, 0.25) is 0 Å². The summed E-state index contributed by atoms with van der Waals surface area (Å²) in [7, 11) is 5.74. The van der Waals surface area contributed by atoms with Crippen molar-refractivity contribution in [1.82, 2.24) is 15.5 Å². The van der Waals surface area contributed by atoms with Crippen molar-refractivity contribution in [2.75, 3.05) is 47.4 Å². The van der Waals surface area contributed by atoms with Gasteiger partial charge in [-0.2, -0.15) is 0 Å². The fourth-order valence-electron chi connectivity index (χ4n) is 3.08. The largest absolute Gasteiger partial charge is 0.497 e. The molecule has 5 heteroatoms. The van der Waals surface area contributed by atoms with Crippen LogP contribution in [0.4, 0.5) is 0 Å². The molecule has 1 aromatic rings. The maximum Gasteiger partial charge on any atom is 0.190 e. The van der Waals surface area contributed by atoms with Crippen LogP contribution in [0.25, 0.3) is 0 Å². The van der Waals surface area contributed by atoms with Crippen molar-refractivity contribution in [1.29, 1.82) is 0 Å². The third-order valence-corrected chi connectivity index (χ3v) is 4.77. The van der Waals surface area contributed by atoms with Crippen LogP contribution in [-0.4, -0.2) is 58.2 Å². The molecule has 134 valence electrons. The molecule has 2 N–H and O–H groups in total. The summed E-state index contributed by atoms with van der Waals surface area (Å²) < 4.78 is 5.18. The lowest BCUT2D eigenvalue weighted by Crippen LogP contribution is -2.39. The molecule has 0 spiro atoms. The molecule has 0 amide bonds. The van der Waals surface area contributed by atoms with E-state index in [0.29, 0.717) is 0 Å². The summed E-state index contributed by atoms with van der Waals surface area (Å²) in [4.78, 5) is 6.73. The fourth-order valence-corrected chi connectivity index (χ4v) is 3.08. The van der Waals surface area contributed by atoms with Crippen LogP contribution < -0.4 is 15.4 Å². The molecule has 0 atom stereocenters. The third kappa shape index (κ3) is 6.40. The molecule has 5 nitrogen and oxygen atoms in total. The van der Waals surface area contributed by atoms with Gasteiger partial charge in [-0.15, -0.1) is 0 Å². The second-order valence-corrected chi connectivity index (χ2v) is 6.56. The van der Waals surface area contributed by atoms with Gasteiger partial charge in [-0.05, 0) is 69.4 Å². The Bertz CT molecular complexity index is 493. The molecule has 0 aliphatic carbocycles. The van der Waals surface area contributed by atoms with E-state index in [4.69, 9.17) is 4.74 Å². The maximum absolute atomic E-state index is 5.18. The minimum atomic E-state index is 0.853. The molecule has 1 aliphatic rings. The van der Waals surface area contributed by atoms with Crippen molar-refractivity contribution >= 4 is 5.96 Å². The average Bonchev–Trinajstić information content (AvgIpc) is 2.62. The van der Waals surface area contributed by atoms with Crippen molar-refractivity contribution in [3.8, 4) is 5.75 Å². The van der Waals surface area contributed by atoms with Crippen LogP contribution in [0.1, 0.15) is 24.8 Å². The molecule has 0 aromatic heterocycles. The first-order valence-electron chi connectivity index (χ1n) is 8.97. The van der Waals surface area contributed by atoms with Gasteiger partial charge in [0.15, 0.2) is 5.96 Å². The van der Waals surface area contributed by atoms with Gasteiger partial charge in [0, 0.05) is 20.1 Å². The van der Waals surface area contributed by atoms with Crippen LogP contribution in [0, 0.1) is 5.92 Å². The molecular formula is C19H32N4O. The molecule has 2 rings (SSSR count). The Kier molecular flexibility index (Phi) is 7.89. The Morgan fingerprint density at radius 3 is 2.46 bits per heavy atom. The molecular weight excluding hydrogens is 300 g/mol. The van der Waals surface area contributed by atoms with Crippen LogP contribution in [0.3, 0.4) is 0 Å². The molecule has 0 unspecified atom stereocenters. The van der Waals surface area contributed by atoms with Crippen molar-refractivity contribution in [3.63, 3.8) is 0 Å². The van der Waals surface area contributed by atoms with Crippen LogP contribution in [0.5, 0.6) is 5.75 Å². The monoisotopic (exact) mass is 332 g/mol. The molecule has 1 fully saturated rings. The lowest BCUT2D eigenvalue weighted by atomic mass is 9.94. The van der Waals surface area contributed by atoms with Crippen molar-refractivity contribution in [2.45, 2.75) is 25.7 Å². The number of methoxy groups -OCH3 is 1. The van der Waals surface area contributed by atoms with Gasteiger partial charge in [-0.25, -0.2) is 0 Å². The highest BCUT2D eigenvalue weighted by Gasteiger charge is 2.16. The first-order valence-corrected chi connectivity index (χ1v) is 8.97. The smallest absolute Gasteiger partial charge is 0.190 e. The highest BCUT2D eigenvalue weighted by molar-refractivity contribution is 5.79. The first-order chi connectivity index (χ1) is 11.7. The topological polar surface area (TPSA) is 48.9 Å². The number of hydrogen-bond donors (Lipinski definition) is 2. The predicted octanol–water partition coefficient (Wildman–Crippen LogP) is 2.13. The number of benzene rings is 1. The summed E-state index contributed by atoms with van der Waals surface area (Å²) in [5.74, 6) is 2.65. The Hall–Kier alpha value is -1.75. The highest BCUT2D eigenvalue weighted by atomic mass is 16.5. The number of rotatable bonds is 7. The Labute approximate surface area is 146 Å². The van der Waals surface area contributed by atoms with Gasteiger partial charge in [0.05, 0.1) is 7.11 Å². The number of hydrogen-bond acceptors (Lipinski definition) is 3. The van der Waals surface area contributed by atoms with Crippen LogP contribution in [0.15, 0.2) is 29.3 Å². The number of likely N-dealkylation sites (tertiary alicyclic amines) is 1. The molecule has 0 saturated carbocycles. The molecule has 1 aliphatic heterocycles. The molecule has 1 saturated heterocycles. The van der Waals surface area contributed by atoms with E-state index in [-0.39, 0.29) is 0 Å². The summed E-state index contributed by atoms with van der Waals surface area (Å²) in [5.41, 5.74) is 1.30. The Morgan fingerprint density at radius 2 is 1.83 bits per heavy atom. The summed E-state index contributed by atoms with van der Waals surface area (Å²) >= 11 is 0. The Morgan fingerprint density at radius 1 is 1.17 bits per heavy atom. The van der Waals surface area contributed by atoms with Crippen LogP contribution >= 0.6 is 0 Å². The zero-order valence-corrected chi connectivity index (χ0v) is 15.3. The summed E-state index contributed by atoms with van der Waals surface area (Å²) in [6.07, 6.45) is 4.84. The molecule has 1 aromatic carbocycles. The van der Waals surface area contributed by atoms with Crippen molar-refractivity contribution < 1.29 is 4.74 Å². The van der Waals surface area contributed by atoms with E-state index in [9.17, 15) is 0 Å². The van der Waals surface area contributed by atoms with Gasteiger partial charge < -0.3 is 20.3 Å². The first kappa shape index (κ1) is 18.6. The fraction of sp³-hybridized carbons (Fsp3) is 0.632. The van der Waals surface area contributed by atoms with E-state index in [2.05, 4.69) is 39.7 Å². The maximum atomic E-state index is 5.18. The molecule has 1 heterocycles. The van der Waals surface area contributed by atoms with E-state index < -0.39 is 0 Å². The van der Waals surface area contributed by atoms with Gasteiger partial charge in [0.1, 0.15) is 5.75 Å². The van der Waals surface area contributed by atoms with E-state index >= 15 is 0 Å². The predicted molar refractivity (Wildman–Crippen MR) is 101 cm³/mol. The van der Waals surface area contributed by atoms with Gasteiger partial charge >= 0.3 is 0 Å². The normalized spacial score (nSPS) is 16.9. The second kappa shape index (κ2) is 10.2. The summed E-state index contributed by atoms with van der Waals surface area (Å²) in [5, 5.41) is 6.83. The zero-order valence-electron chi connectivity index (χ0n) is 15.3. The quantitative estimate of drug-likeness (QED) is 0.593. The number of aliphatic imine (C=N–C) groups is 1. The number of piperidine rings is 1. The minimum Gasteiger partial charge on any atom is -0.497 e. The van der Waals surface area contributed by atoms with Gasteiger partial charge in [0.25, 0.3) is 0 Å². The molecule has 0 radical (unpaired) electrons. The SMILES string of the molecule is CN=C(NCCc1ccc(OC)cc1)NCCC1CCN(C)CC1. The number of ether oxygens (including phenoxy) is 1. The zero-order chi connectivity index (χ0) is 17.2. The van der Waals surface area contributed by atoms with Gasteiger partial charge in [-0.3, -0.25) is 4.99 Å². The third-order valence-electron chi connectivity index (χ3n) is 4.77.